The monoisotopic (exact) mass is 468 g/mol. The van der Waals surface area contributed by atoms with Crippen LogP contribution in [0, 0.1) is 0 Å². The lowest BCUT2D eigenvalue weighted by Crippen LogP contribution is -2.10. The smallest absolute Gasteiger partial charge is 0.198 e. The zero-order chi connectivity index (χ0) is 23.4. The number of benzene rings is 2. The minimum Gasteiger partial charge on any atom is -0.494 e. The van der Waals surface area contributed by atoms with Gasteiger partial charge in [0.05, 0.1) is 36.8 Å². The average molecular weight is 469 g/mol. The normalized spacial score (nSPS) is 11.6. The number of ether oxygens (including phenoxy) is 3. The Balaban J connectivity index is 1.89. The maximum absolute atomic E-state index is 12.9. The number of para-hydroxylation sites is 1. The summed E-state index contributed by atoms with van der Waals surface area (Å²) in [6.07, 6.45) is 1.43. The summed E-state index contributed by atoms with van der Waals surface area (Å²) >= 11 is 0. The van der Waals surface area contributed by atoms with Gasteiger partial charge >= 0.3 is 0 Å². The first-order valence-electron chi connectivity index (χ1n) is 10.3. The van der Waals surface area contributed by atoms with Crippen molar-refractivity contribution in [2.24, 2.45) is 0 Å². The fourth-order valence-corrected chi connectivity index (χ4v) is 4.75. The molecule has 9 nitrogen and oxygen atoms in total. The predicted octanol–water partition coefficient (Wildman–Crippen LogP) is 3.34. The Bertz CT molecular complexity index is 1350. The van der Waals surface area contributed by atoms with Crippen molar-refractivity contribution >= 4 is 21.1 Å². The number of aromatic nitrogens is 4. The molecule has 33 heavy (non-hydrogen) atoms. The quantitative estimate of drug-likeness (QED) is 0.368. The van der Waals surface area contributed by atoms with Crippen LogP contribution in [0.15, 0.2) is 59.6 Å². The van der Waals surface area contributed by atoms with Gasteiger partial charge in [-0.25, -0.2) is 23.4 Å². The van der Waals surface area contributed by atoms with Crippen molar-refractivity contribution in [1.82, 2.24) is 19.5 Å². The predicted molar refractivity (Wildman–Crippen MR) is 122 cm³/mol. The molecule has 0 fully saturated rings. The van der Waals surface area contributed by atoms with Crippen molar-refractivity contribution in [3.8, 4) is 17.2 Å². The number of fused-ring (bicyclic) bond motifs is 1. The molecule has 172 valence electrons. The molecular weight excluding hydrogens is 444 g/mol. The molecule has 2 aromatic carbocycles. The molecule has 0 saturated heterocycles. The summed E-state index contributed by atoms with van der Waals surface area (Å²) < 4.78 is 44.3. The fraction of sp³-hybridized carbons (Fsp3) is 0.261. The van der Waals surface area contributed by atoms with Gasteiger partial charge in [0, 0.05) is 6.61 Å². The van der Waals surface area contributed by atoms with E-state index in [2.05, 4.69) is 15.0 Å². The summed E-state index contributed by atoms with van der Waals surface area (Å²) in [7, 11) is -0.481. The number of methoxy groups -OCH3 is 2. The van der Waals surface area contributed by atoms with E-state index in [4.69, 9.17) is 14.2 Å². The first kappa shape index (κ1) is 22.7. The summed E-state index contributed by atoms with van der Waals surface area (Å²) in [5.74, 6) is 1.32. The topological polar surface area (TPSA) is 105 Å². The van der Waals surface area contributed by atoms with E-state index < -0.39 is 9.84 Å². The SMILES string of the molecule is CCOCc1nc2ncc(CS(=O)(=O)c3ccccc3)nc2n1-c1c(OC)cccc1OC. The van der Waals surface area contributed by atoms with Gasteiger partial charge in [-0.15, -0.1) is 0 Å². The third-order valence-electron chi connectivity index (χ3n) is 4.99. The van der Waals surface area contributed by atoms with Crippen LogP contribution in [0.25, 0.3) is 17.0 Å². The van der Waals surface area contributed by atoms with Gasteiger partial charge in [0.15, 0.2) is 21.1 Å². The molecule has 0 bridgehead atoms. The number of rotatable bonds is 9. The Kier molecular flexibility index (Phi) is 6.57. The molecule has 0 unspecified atom stereocenters. The van der Waals surface area contributed by atoms with Crippen LogP contribution in [-0.2, 0) is 26.9 Å². The third kappa shape index (κ3) is 4.53. The van der Waals surface area contributed by atoms with Crippen LogP contribution in [0.3, 0.4) is 0 Å². The molecule has 10 heteroatoms. The molecule has 0 aliphatic carbocycles. The Labute approximate surface area is 191 Å². The highest BCUT2D eigenvalue weighted by Gasteiger charge is 2.23. The van der Waals surface area contributed by atoms with Crippen molar-refractivity contribution < 1.29 is 22.6 Å². The van der Waals surface area contributed by atoms with E-state index in [9.17, 15) is 8.42 Å². The highest BCUT2D eigenvalue weighted by atomic mass is 32.2. The Morgan fingerprint density at radius 1 is 0.939 bits per heavy atom. The molecule has 2 heterocycles. The van der Waals surface area contributed by atoms with E-state index in [1.165, 1.54) is 6.20 Å². The van der Waals surface area contributed by atoms with E-state index in [0.717, 1.165) is 0 Å². The van der Waals surface area contributed by atoms with Crippen molar-refractivity contribution in [3.05, 3.63) is 66.2 Å². The molecule has 0 N–H and O–H groups in total. The van der Waals surface area contributed by atoms with Crippen molar-refractivity contribution in [2.45, 2.75) is 24.2 Å². The van der Waals surface area contributed by atoms with Crippen LogP contribution >= 0.6 is 0 Å². The first-order valence-corrected chi connectivity index (χ1v) is 11.9. The van der Waals surface area contributed by atoms with E-state index >= 15 is 0 Å². The largest absolute Gasteiger partial charge is 0.494 e. The second-order valence-corrected chi connectivity index (χ2v) is 9.08. The summed E-state index contributed by atoms with van der Waals surface area (Å²) in [5.41, 5.74) is 1.62. The molecule has 0 atom stereocenters. The molecule has 0 aliphatic rings. The van der Waals surface area contributed by atoms with Crippen molar-refractivity contribution in [3.63, 3.8) is 0 Å². The molecule has 0 radical (unpaired) electrons. The Morgan fingerprint density at radius 2 is 1.64 bits per heavy atom. The van der Waals surface area contributed by atoms with Gasteiger partial charge in [-0.05, 0) is 31.2 Å². The molecule has 4 aromatic rings. The van der Waals surface area contributed by atoms with Crippen LogP contribution in [0.1, 0.15) is 18.4 Å². The molecule has 0 amide bonds. The second kappa shape index (κ2) is 9.55. The van der Waals surface area contributed by atoms with Gasteiger partial charge in [0.1, 0.15) is 29.6 Å². The first-order chi connectivity index (χ1) is 16.0. The van der Waals surface area contributed by atoms with Crippen LogP contribution in [0.5, 0.6) is 11.5 Å². The Hall–Kier alpha value is -3.50. The fourth-order valence-electron chi connectivity index (χ4n) is 3.48. The van der Waals surface area contributed by atoms with E-state index in [1.54, 1.807) is 61.3 Å². The summed E-state index contributed by atoms with van der Waals surface area (Å²) in [4.78, 5) is 13.8. The van der Waals surface area contributed by atoms with Crippen molar-refractivity contribution in [1.29, 1.82) is 0 Å². The summed E-state index contributed by atoms with van der Waals surface area (Å²) in [6.45, 7) is 2.58. The van der Waals surface area contributed by atoms with Crippen molar-refractivity contribution in [2.75, 3.05) is 20.8 Å². The lowest BCUT2D eigenvalue weighted by atomic mass is 10.2. The van der Waals surface area contributed by atoms with Gasteiger partial charge in [0.2, 0.25) is 0 Å². The number of hydrogen-bond donors (Lipinski definition) is 0. The zero-order valence-corrected chi connectivity index (χ0v) is 19.4. The van der Waals surface area contributed by atoms with Crippen LogP contribution in [-0.4, -0.2) is 48.8 Å². The third-order valence-corrected chi connectivity index (χ3v) is 6.66. The molecule has 0 spiro atoms. The second-order valence-electron chi connectivity index (χ2n) is 7.09. The minimum atomic E-state index is -3.60. The van der Waals surface area contributed by atoms with Gasteiger partial charge in [-0.3, -0.25) is 4.57 Å². The van der Waals surface area contributed by atoms with Crippen LogP contribution < -0.4 is 9.47 Å². The van der Waals surface area contributed by atoms with E-state index in [1.807, 2.05) is 13.0 Å². The Morgan fingerprint density at radius 3 is 2.27 bits per heavy atom. The molecule has 2 aromatic heterocycles. The van der Waals surface area contributed by atoms with Gasteiger partial charge in [-0.2, -0.15) is 0 Å². The number of sulfone groups is 1. The summed E-state index contributed by atoms with van der Waals surface area (Å²) in [5, 5.41) is 0. The molecule has 0 saturated carbocycles. The highest BCUT2D eigenvalue weighted by molar-refractivity contribution is 7.90. The minimum absolute atomic E-state index is 0.202. The van der Waals surface area contributed by atoms with Crippen LogP contribution in [0.4, 0.5) is 0 Å². The van der Waals surface area contributed by atoms with Gasteiger partial charge in [0.25, 0.3) is 0 Å². The number of nitrogens with zero attached hydrogens (tertiary/aromatic N) is 4. The van der Waals surface area contributed by atoms with E-state index in [-0.39, 0.29) is 17.3 Å². The molecular formula is C23H24N4O5S. The molecule has 4 rings (SSSR count). The standard InChI is InChI=1S/C23H24N4O5S/c1-4-32-14-20-26-22-23(27(20)21-18(30-2)11-8-12-19(21)31-3)25-16(13-24-22)15-33(28,29)17-9-6-5-7-10-17/h5-13H,4,14-15H2,1-3H3. The maximum atomic E-state index is 12.9. The van der Waals surface area contributed by atoms with Gasteiger partial charge < -0.3 is 14.2 Å². The number of imidazole rings is 1. The van der Waals surface area contributed by atoms with Crippen LogP contribution in [0.2, 0.25) is 0 Å². The van der Waals surface area contributed by atoms with E-state index in [0.29, 0.717) is 46.6 Å². The highest BCUT2D eigenvalue weighted by Crippen LogP contribution is 2.35. The number of hydrogen-bond acceptors (Lipinski definition) is 8. The zero-order valence-electron chi connectivity index (χ0n) is 18.6. The average Bonchev–Trinajstić information content (AvgIpc) is 3.19. The lowest BCUT2D eigenvalue weighted by molar-refractivity contribution is 0.127. The van der Waals surface area contributed by atoms with Gasteiger partial charge in [-0.1, -0.05) is 24.3 Å². The summed E-state index contributed by atoms with van der Waals surface area (Å²) in [6, 6.07) is 13.7. The molecule has 0 aliphatic heterocycles. The lowest BCUT2D eigenvalue weighted by Gasteiger charge is -2.16. The maximum Gasteiger partial charge on any atom is 0.198 e.